The summed E-state index contributed by atoms with van der Waals surface area (Å²) in [4.78, 5) is 22.6. The molecular formula is C30H59NO4. The SMILES string of the molecule is CCCCCCCCCCCCCCCCCCCCCCC(CC)OC(=O)[C@@H](N)CCC(=O)O. The summed E-state index contributed by atoms with van der Waals surface area (Å²) in [5.41, 5.74) is 5.74. The molecule has 0 rings (SSSR count). The number of unbranched alkanes of at least 4 members (excludes halogenated alkanes) is 19. The molecule has 0 aliphatic carbocycles. The summed E-state index contributed by atoms with van der Waals surface area (Å²) in [6.07, 6.45) is 28.9. The van der Waals surface area contributed by atoms with Gasteiger partial charge in [0, 0.05) is 6.42 Å². The highest BCUT2D eigenvalue weighted by atomic mass is 16.5. The van der Waals surface area contributed by atoms with E-state index < -0.39 is 18.0 Å². The van der Waals surface area contributed by atoms with E-state index >= 15 is 0 Å². The molecule has 0 aliphatic rings. The molecule has 1 unspecified atom stereocenters. The van der Waals surface area contributed by atoms with Crippen LogP contribution < -0.4 is 5.73 Å². The molecule has 0 aliphatic heterocycles. The summed E-state index contributed by atoms with van der Waals surface area (Å²) in [7, 11) is 0. The number of ether oxygens (including phenoxy) is 1. The summed E-state index contributed by atoms with van der Waals surface area (Å²) in [6, 6.07) is -0.838. The van der Waals surface area contributed by atoms with Gasteiger partial charge in [0.2, 0.25) is 0 Å². The van der Waals surface area contributed by atoms with Crippen molar-refractivity contribution >= 4 is 11.9 Å². The van der Waals surface area contributed by atoms with Crippen LogP contribution in [0.2, 0.25) is 0 Å². The number of hydrogen-bond acceptors (Lipinski definition) is 4. The van der Waals surface area contributed by atoms with Crippen molar-refractivity contribution in [1.82, 2.24) is 0 Å². The molecule has 0 spiro atoms. The van der Waals surface area contributed by atoms with E-state index in [-0.39, 0.29) is 18.9 Å². The smallest absolute Gasteiger partial charge is 0.323 e. The molecule has 0 bridgehead atoms. The van der Waals surface area contributed by atoms with Crippen LogP contribution in [0.15, 0.2) is 0 Å². The molecule has 3 N–H and O–H groups in total. The highest BCUT2D eigenvalue weighted by Gasteiger charge is 2.20. The number of carbonyl (C=O) groups is 2. The molecule has 0 aromatic heterocycles. The summed E-state index contributed by atoms with van der Waals surface area (Å²) in [5, 5.41) is 8.70. The fourth-order valence-electron chi connectivity index (χ4n) is 4.62. The van der Waals surface area contributed by atoms with Crippen LogP contribution in [0, 0.1) is 0 Å². The number of hydrogen-bond donors (Lipinski definition) is 2. The molecule has 208 valence electrons. The normalized spacial score (nSPS) is 13.0. The second-order valence-corrected chi connectivity index (χ2v) is 10.5. The summed E-state index contributed by atoms with van der Waals surface area (Å²) in [5.74, 6) is -1.41. The molecule has 0 saturated carbocycles. The van der Waals surface area contributed by atoms with Gasteiger partial charge in [0.1, 0.15) is 12.1 Å². The van der Waals surface area contributed by atoms with Gasteiger partial charge < -0.3 is 15.6 Å². The Morgan fingerprint density at radius 1 is 0.629 bits per heavy atom. The predicted molar refractivity (Wildman–Crippen MR) is 148 cm³/mol. The Labute approximate surface area is 217 Å². The van der Waals surface area contributed by atoms with Gasteiger partial charge >= 0.3 is 11.9 Å². The second-order valence-electron chi connectivity index (χ2n) is 10.5. The van der Waals surface area contributed by atoms with Crippen molar-refractivity contribution in [2.45, 2.75) is 180 Å². The van der Waals surface area contributed by atoms with Crippen molar-refractivity contribution in [2.24, 2.45) is 5.73 Å². The van der Waals surface area contributed by atoms with Crippen molar-refractivity contribution in [2.75, 3.05) is 0 Å². The van der Waals surface area contributed by atoms with Crippen LogP contribution in [0.4, 0.5) is 0 Å². The van der Waals surface area contributed by atoms with Gasteiger partial charge in [-0.15, -0.1) is 0 Å². The number of nitrogens with two attached hydrogens (primary N) is 1. The van der Waals surface area contributed by atoms with Crippen molar-refractivity contribution < 1.29 is 19.4 Å². The van der Waals surface area contributed by atoms with Crippen LogP contribution in [0.5, 0.6) is 0 Å². The van der Waals surface area contributed by atoms with Crippen LogP contribution in [0.1, 0.15) is 168 Å². The fraction of sp³-hybridized carbons (Fsp3) is 0.933. The van der Waals surface area contributed by atoms with Gasteiger partial charge in [-0.2, -0.15) is 0 Å². The first kappa shape index (κ1) is 33.9. The van der Waals surface area contributed by atoms with E-state index in [1.807, 2.05) is 6.92 Å². The van der Waals surface area contributed by atoms with E-state index in [1.54, 1.807) is 0 Å². The molecule has 0 radical (unpaired) electrons. The van der Waals surface area contributed by atoms with Gasteiger partial charge in [-0.25, -0.2) is 0 Å². The molecule has 5 nitrogen and oxygen atoms in total. The van der Waals surface area contributed by atoms with Crippen molar-refractivity contribution in [3.63, 3.8) is 0 Å². The maximum Gasteiger partial charge on any atom is 0.323 e. The molecular weight excluding hydrogens is 438 g/mol. The lowest BCUT2D eigenvalue weighted by molar-refractivity contribution is -0.151. The Morgan fingerprint density at radius 2 is 1.00 bits per heavy atom. The minimum Gasteiger partial charge on any atom is -0.481 e. The zero-order valence-electron chi connectivity index (χ0n) is 23.4. The standard InChI is InChI=1S/C30H59NO4/c1-3-5-6-7-8-9-10-11-12-13-14-15-16-17-18-19-20-21-22-23-24-27(4-2)35-30(34)28(31)25-26-29(32)33/h27-28H,3-26,31H2,1-2H3,(H,32,33)/t27?,28-/m0/s1. The first-order valence-electron chi connectivity index (χ1n) is 15.2. The number of carboxylic acids is 1. The van der Waals surface area contributed by atoms with Crippen molar-refractivity contribution in [1.29, 1.82) is 0 Å². The van der Waals surface area contributed by atoms with E-state index in [4.69, 9.17) is 15.6 Å². The second kappa shape index (κ2) is 26.0. The zero-order valence-corrected chi connectivity index (χ0v) is 23.4. The third-order valence-corrected chi connectivity index (χ3v) is 7.09. The third kappa shape index (κ3) is 24.4. The largest absolute Gasteiger partial charge is 0.481 e. The van der Waals surface area contributed by atoms with Crippen LogP contribution in [-0.4, -0.2) is 29.2 Å². The Bertz CT molecular complexity index is 483. The lowest BCUT2D eigenvalue weighted by Gasteiger charge is -2.18. The quantitative estimate of drug-likeness (QED) is 0.0874. The fourth-order valence-corrected chi connectivity index (χ4v) is 4.62. The molecule has 0 fully saturated rings. The third-order valence-electron chi connectivity index (χ3n) is 7.09. The average Bonchev–Trinajstić information content (AvgIpc) is 2.85. The summed E-state index contributed by atoms with van der Waals surface area (Å²) < 4.78 is 5.48. The van der Waals surface area contributed by atoms with Gasteiger partial charge in [0.15, 0.2) is 0 Å². The van der Waals surface area contributed by atoms with E-state index in [2.05, 4.69) is 6.92 Å². The zero-order chi connectivity index (χ0) is 26.0. The Morgan fingerprint density at radius 3 is 1.34 bits per heavy atom. The average molecular weight is 498 g/mol. The predicted octanol–water partition coefficient (Wildman–Crippen LogP) is 8.71. The molecule has 2 atom stereocenters. The molecule has 0 aromatic carbocycles. The van der Waals surface area contributed by atoms with Gasteiger partial charge in [-0.05, 0) is 25.7 Å². The van der Waals surface area contributed by atoms with E-state index in [9.17, 15) is 9.59 Å². The van der Waals surface area contributed by atoms with E-state index in [1.165, 1.54) is 122 Å². The van der Waals surface area contributed by atoms with Gasteiger partial charge in [0.05, 0.1) is 0 Å². The topological polar surface area (TPSA) is 89.6 Å². The summed E-state index contributed by atoms with van der Waals surface area (Å²) in [6.45, 7) is 4.29. The van der Waals surface area contributed by atoms with Crippen molar-refractivity contribution in [3.8, 4) is 0 Å². The maximum absolute atomic E-state index is 12.0. The molecule has 5 heteroatoms. The van der Waals surface area contributed by atoms with Crippen molar-refractivity contribution in [3.05, 3.63) is 0 Å². The Hall–Kier alpha value is -1.10. The number of rotatable bonds is 27. The Balaban J connectivity index is 3.39. The molecule has 0 heterocycles. The number of esters is 1. The lowest BCUT2D eigenvalue weighted by atomic mass is 10.0. The monoisotopic (exact) mass is 497 g/mol. The van der Waals surface area contributed by atoms with Crippen LogP contribution in [0.25, 0.3) is 0 Å². The first-order valence-corrected chi connectivity index (χ1v) is 15.2. The minimum atomic E-state index is -0.940. The van der Waals surface area contributed by atoms with Gasteiger partial charge in [-0.3, -0.25) is 9.59 Å². The molecule has 0 amide bonds. The number of carboxylic acid groups (broad SMARTS) is 1. The molecule has 0 aromatic rings. The Kier molecular flexibility index (Phi) is 25.2. The molecule has 0 saturated heterocycles. The lowest BCUT2D eigenvalue weighted by Crippen LogP contribution is -2.35. The number of aliphatic carboxylic acids is 1. The van der Waals surface area contributed by atoms with Crippen LogP contribution in [0.3, 0.4) is 0 Å². The highest BCUT2D eigenvalue weighted by molar-refractivity contribution is 5.76. The summed E-state index contributed by atoms with van der Waals surface area (Å²) >= 11 is 0. The maximum atomic E-state index is 12.0. The van der Waals surface area contributed by atoms with E-state index in [0.29, 0.717) is 0 Å². The van der Waals surface area contributed by atoms with E-state index in [0.717, 1.165) is 19.3 Å². The van der Waals surface area contributed by atoms with Gasteiger partial charge in [0.25, 0.3) is 0 Å². The van der Waals surface area contributed by atoms with Crippen LogP contribution >= 0.6 is 0 Å². The van der Waals surface area contributed by atoms with Crippen LogP contribution in [-0.2, 0) is 14.3 Å². The minimum absolute atomic E-state index is 0.103. The van der Waals surface area contributed by atoms with Gasteiger partial charge in [-0.1, -0.05) is 136 Å². The first-order chi connectivity index (χ1) is 17.0. The molecule has 35 heavy (non-hydrogen) atoms. The highest BCUT2D eigenvalue weighted by Crippen LogP contribution is 2.16. The number of carbonyl (C=O) groups excluding carboxylic acids is 1.